The molecule has 2 aliphatic rings. The number of rotatable bonds is 4. The molecule has 0 unspecified atom stereocenters. The Hall–Kier alpha value is -2.54. The summed E-state index contributed by atoms with van der Waals surface area (Å²) in [6.45, 7) is 9.05. The number of pyridine rings is 1. The number of hydrogen-bond acceptors (Lipinski definition) is 7. The molecule has 0 bridgehead atoms. The second-order valence-electron chi connectivity index (χ2n) is 6.90. The van der Waals surface area contributed by atoms with Crippen molar-refractivity contribution >= 4 is 11.5 Å². The second kappa shape index (κ2) is 6.99. The molecule has 2 aliphatic heterocycles. The Bertz CT molecular complexity index is 836. The summed E-state index contributed by atoms with van der Waals surface area (Å²) < 4.78 is 11.4. The maximum absolute atomic E-state index is 5.73. The minimum Gasteiger partial charge on any atom is -0.475 e. The number of ether oxygens (including phenoxy) is 2. The van der Waals surface area contributed by atoms with E-state index >= 15 is 0 Å². The van der Waals surface area contributed by atoms with Gasteiger partial charge in [0, 0.05) is 42.5 Å². The maximum atomic E-state index is 5.73. The van der Waals surface area contributed by atoms with Crippen LogP contribution >= 0.6 is 0 Å². The van der Waals surface area contributed by atoms with E-state index in [9.17, 15) is 0 Å². The Morgan fingerprint density at radius 2 is 2.12 bits per heavy atom. The van der Waals surface area contributed by atoms with E-state index in [1.54, 1.807) is 6.33 Å². The highest BCUT2D eigenvalue weighted by Gasteiger charge is 2.23. The Morgan fingerprint density at radius 1 is 1.23 bits per heavy atom. The summed E-state index contributed by atoms with van der Waals surface area (Å²) in [7, 11) is 0. The molecule has 0 N–H and O–H groups in total. The van der Waals surface area contributed by atoms with Gasteiger partial charge in [-0.15, -0.1) is 0 Å². The summed E-state index contributed by atoms with van der Waals surface area (Å²) in [6, 6.07) is 3.97. The summed E-state index contributed by atoms with van der Waals surface area (Å²) in [5.74, 6) is 1.53. The van der Waals surface area contributed by atoms with Crippen LogP contribution in [0.5, 0.6) is 5.88 Å². The fourth-order valence-electron chi connectivity index (χ4n) is 3.26. The molecule has 136 valence electrons. The molecule has 4 rings (SSSR count). The molecule has 1 fully saturated rings. The van der Waals surface area contributed by atoms with Gasteiger partial charge in [0.2, 0.25) is 5.88 Å². The van der Waals surface area contributed by atoms with E-state index in [-0.39, 0.29) is 12.2 Å². The van der Waals surface area contributed by atoms with Crippen LogP contribution in [0.1, 0.15) is 37.6 Å². The number of aliphatic imine (C=N–C) groups is 1. The van der Waals surface area contributed by atoms with Gasteiger partial charge in [0.25, 0.3) is 0 Å². The standard InChI is InChI=1S/C19H23N5O2/c1-12(2)26-18-6-15-14(8-20-18)9-21-19(15)16-7-17(23-11-22-16)24-4-5-25-13(3)10-24/h6-8,11-13H,4-5,9-10H2,1-3H3/t13-/m0/s1. The molecule has 0 amide bonds. The van der Waals surface area contributed by atoms with Crippen LogP contribution in [0.4, 0.5) is 5.82 Å². The first-order chi connectivity index (χ1) is 12.6. The van der Waals surface area contributed by atoms with Crippen LogP contribution in [0.2, 0.25) is 0 Å². The Labute approximate surface area is 153 Å². The number of morpholine rings is 1. The Morgan fingerprint density at radius 3 is 2.92 bits per heavy atom. The predicted octanol–water partition coefficient (Wildman–Crippen LogP) is 2.23. The number of nitrogens with zero attached hydrogens (tertiary/aromatic N) is 5. The van der Waals surface area contributed by atoms with E-state index in [2.05, 4.69) is 31.8 Å². The lowest BCUT2D eigenvalue weighted by Crippen LogP contribution is -2.41. The first kappa shape index (κ1) is 16.9. The molecule has 0 radical (unpaired) electrons. The van der Waals surface area contributed by atoms with Crippen molar-refractivity contribution in [3.63, 3.8) is 0 Å². The molecule has 0 aliphatic carbocycles. The van der Waals surface area contributed by atoms with Crippen LogP contribution < -0.4 is 9.64 Å². The predicted molar refractivity (Wildman–Crippen MR) is 99.0 cm³/mol. The van der Waals surface area contributed by atoms with E-state index in [0.717, 1.165) is 41.4 Å². The minimum atomic E-state index is 0.0799. The smallest absolute Gasteiger partial charge is 0.214 e. The molecule has 26 heavy (non-hydrogen) atoms. The second-order valence-corrected chi connectivity index (χ2v) is 6.90. The molecule has 7 heteroatoms. The molecular weight excluding hydrogens is 330 g/mol. The molecule has 0 saturated carbocycles. The topological polar surface area (TPSA) is 72.7 Å². The molecule has 7 nitrogen and oxygen atoms in total. The molecule has 1 atom stereocenters. The van der Waals surface area contributed by atoms with Gasteiger partial charge in [-0.3, -0.25) is 4.99 Å². The van der Waals surface area contributed by atoms with Gasteiger partial charge in [0.15, 0.2) is 0 Å². The lowest BCUT2D eigenvalue weighted by molar-refractivity contribution is 0.0529. The first-order valence-corrected chi connectivity index (χ1v) is 8.99. The number of hydrogen-bond donors (Lipinski definition) is 0. The maximum Gasteiger partial charge on any atom is 0.214 e. The highest BCUT2D eigenvalue weighted by Crippen LogP contribution is 2.26. The molecule has 0 spiro atoms. The van der Waals surface area contributed by atoms with E-state index in [1.807, 2.05) is 32.2 Å². The van der Waals surface area contributed by atoms with Gasteiger partial charge in [-0.2, -0.15) is 0 Å². The van der Waals surface area contributed by atoms with Gasteiger partial charge < -0.3 is 14.4 Å². The zero-order valence-electron chi connectivity index (χ0n) is 15.3. The van der Waals surface area contributed by atoms with Crippen LogP contribution in [0.25, 0.3) is 0 Å². The third-order valence-corrected chi connectivity index (χ3v) is 4.44. The van der Waals surface area contributed by atoms with Crippen LogP contribution in [-0.4, -0.2) is 52.6 Å². The van der Waals surface area contributed by atoms with Gasteiger partial charge in [0.05, 0.1) is 36.8 Å². The third-order valence-electron chi connectivity index (χ3n) is 4.44. The van der Waals surface area contributed by atoms with E-state index < -0.39 is 0 Å². The van der Waals surface area contributed by atoms with Gasteiger partial charge in [-0.1, -0.05) is 0 Å². The molecule has 2 aromatic heterocycles. The van der Waals surface area contributed by atoms with Crippen molar-refractivity contribution in [1.29, 1.82) is 0 Å². The van der Waals surface area contributed by atoms with Gasteiger partial charge in [-0.05, 0) is 20.8 Å². The van der Waals surface area contributed by atoms with Crippen LogP contribution in [0, 0.1) is 0 Å². The van der Waals surface area contributed by atoms with Crippen LogP contribution in [0.15, 0.2) is 29.6 Å². The fourth-order valence-corrected chi connectivity index (χ4v) is 3.26. The van der Waals surface area contributed by atoms with Gasteiger partial charge in [0.1, 0.15) is 12.1 Å². The zero-order valence-corrected chi connectivity index (χ0v) is 15.3. The van der Waals surface area contributed by atoms with Crippen LogP contribution in [-0.2, 0) is 11.3 Å². The van der Waals surface area contributed by atoms with Gasteiger partial charge >= 0.3 is 0 Å². The largest absolute Gasteiger partial charge is 0.475 e. The van der Waals surface area contributed by atoms with Crippen LogP contribution in [0.3, 0.4) is 0 Å². The van der Waals surface area contributed by atoms with Crippen molar-refractivity contribution in [1.82, 2.24) is 15.0 Å². The normalized spacial score (nSPS) is 19.5. The van der Waals surface area contributed by atoms with E-state index in [1.165, 1.54) is 0 Å². The molecule has 2 aromatic rings. The summed E-state index contributed by atoms with van der Waals surface area (Å²) in [5.41, 5.74) is 3.84. The average molecular weight is 353 g/mol. The summed E-state index contributed by atoms with van der Waals surface area (Å²) in [4.78, 5) is 20.2. The average Bonchev–Trinajstić information content (AvgIpc) is 3.04. The van der Waals surface area contributed by atoms with Crippen molar-refractivity contribution in [3.05, 3.63) is 41.5 Å². The Kier molecular flexibility index (Phi) is 4.55. The van der Waals surface area contributed by atoms with Crippen molar-refractivity contribution in [3.8, 4) is 5.88 Å². The molecule has 4 heterocycles. The molecule has 0 aromatic carbocycles. The minimum absolute atomic E-state index is 0.0799. The summed E-state index contributed by atoms with van der Waals surface area (Å²) in [6.07, 6.45) is 3.73. The molecule has 1 saturated heterocycles. The number of anilines is 1. The summed E-state index contributed by atoms with van der Waals surface area (Å²) >= 11 is 0. The zero-order chi connectivity index (χ0) is 18.1. The highest BCUT2D eigenvalue weighted by atomic mass is 16.5. The van der Waals surface area contributed by atoms with Crippen molar-refractivity contribution in [2.75, 3.05) is 24.6 Å². The third kappa shape index (κ3) is 3.39. The van der Waals surface area contributed by atoms with E-state index in [0.29, 0.717) is 19.0 Å². The van der Waals surface area contributed by atoms with Gasteiger partial charge in [-0.25, -0.2) is 15.0 Å². The van der Waals surface area contributed by atoms with Crippen molar-refractivity contribution < 1.29 is 9.47 Å². The number of aromatic nitrogens is 3. The lowest BCUT2D eigenvalue weighted by Gasteiger charge is -2.32. The number of fused-ring (bicyclic) bond motifs is 1. The van der Waals surface area contributed by atoms with E-state index in [4.69, 9.17) is 9.47 Å². The SMILES string of the molecule is CC(C)Oc1cc2c(cn1)CN=C2c1cc(N2CCO[C@@H](C)C2)ncn1. The van der Waals surface area contributed by atoms with Crippen molar-refractivity contribution in [2.24, 2.45) is 4.99 Å². The highest BCUT2D eigenvalue weighted by molar-refractivity contribution is 6.14. The van der Waals surface area contributed by atoms with Crippen molar-refractivity contribution in [2.45, 2.75) is 39.5 Å². The fraction of sp³-hybridized carbons (Fsp3) is 0.474. The quantitative estimate of drug-likeness (QED) is 0.839. The Balaban J connectivity index is 1.63. The summed E-state index contributed by atoms with van der Waals surface area (Å²) in [5, 5.41) is 0. The molecular formula is C19H23N5O2. The monoisotopic (exact) mass is 353 g/mol. The first-order valence-electron chi connectivity index (χ1n) is 8.99. The lowest BCUT2D eigenvalue weighted by atomic mass is 10.1.